The van der Waals surface area contributed by atoms with E-state index in [0.717, 1.165) is 11.1 Å². The maximum absolute atomic E-state index is 11.7. The SMILES string of the molecule is Cc1cncc(C(=O)OCCOCc2ccccc2)c1. The Balaban J connectivity index is 1.67. The fourth-order valence-electron chi connectivity index (χ4n) is 1.71. The molecule has 0 radical (unpaired) electrons. The Bertz CT molecular complexity index is 555. The summed E-state index contributed by atoms with van der Waals surface area (Å²) in [6.45, 7) is 3.01. The van der Waals surface area contributed by atoms with Crippen LogP contribution < -0.4 is 0 Å². The molecule has 0 aliphatic carbocycles. The third-order valence-electron chi connectivity index (χ3n) is 2.68. The van der Waals surface area contributed by atoms with Crippen molar-refractivity contribution in [2.45, 2.75) is 13.5 Å². The molecule has 0 spiro atoms. The second-order valence-electron chi connectivity index (χ2n) is 4.43. The highest BCUT2D eigenvalue weighted by molar-refractivity contribution is 5.89. The Kier molecular flexibility index (Phi) is 5.26. The highest BCUT2D eigenvalue weighted by Crippen LogP contribution is 2.04. The van der Waals surface area contributed by atoms with Crippen LogP contribution in [-0.4, -0.2) is 24.2 Å². The number of benzene rings is 1. The molecule has 0 aliphatic rings. The third kappa shape index (κ3) is 4.48. The number of aromatic nitrogens is 1. The van der Waals surface area contributed by atoms with E-state index in [9.17, 15) is 4.79 Å². The van der Waals surface area contributed by atoms with E-state index >= 15 is 0 Å². The van der Waals surface area contributed by atoms with E-state index in [2.05, 4.69) is 4.98 Å². The first-order chi connectivity index (χ1) is 9.75. The van der Waals surface area contributed by atoms with Crippen molar-refractivity contribution in [1.82, 2.24) is 4.98 Å². The van der Waals surface area contributed by atoms with Gasteiger partial charge in [0.2, 0.25) is 0 Å². The van der Waals surface area contributed by atoms with Crippen LogP contribution in [0.15, 0.2) is 48.8 Å². The van der Waals surface area contributed by atoms with Gasteiger partial charge in [-0.25, -0.2) is 4.79 Å². The van der Waals surface area contributed by atoms with Crippen molar-refractivity contribution in [2.75, 3.05) is 13.2 Å². The van der Waals surface area contributed by atoms with Crippen LogP contribution in [0.1, 0.15) is 21.5 Å². The zero-order valence-corrected chi connectivity index (χ0v) is 11.4. The smallest absolute Gasteiger partial charge is 0.339 e. The maximum Gasteiger partial charge on any atom is 0.339 e. The minimum atomic E-state index is -0.371. The van der Waals surface area contributed by atoms with Crippen molar-refractivity contribution in [3.63, 3.8) is 0 Å². The molecule has 2 rings (SSSR count). The molecule has 104 valence electrons. The summed E-state index contributed by atoms with van der Waals surface area (Å²) < 4.78 is 10.6. The molecule has 4 heteroatoms. The molecular weight excluding hydrogens is 254 g/mol. The summed E-state index contributed by atoms with van der Waals surface area (Å²) in [6, 6.07) is 11.6. The van der Waals surface area contributed by atoms with Gasteiger partial charge in [-0.05, 0) is 24.1 Å². The molecule has 0 saturated heterocycles. The highest BCUT2D eigenvalue weighted by Gasteiger charge is 2.07. The fourth-order valence-corrected chi connectivity index (χ4v) is 1.71. The zero-order valence-electron chi connectivity index (χ0n) is 11.4. The highest BCUT2D eigenvalue weighted by atomic mass is 16.6. The van der Waals surface area contributed by atoms with Crippen molar-refractivity contribution in [2.24, 2.45) is 0 Å². The summed E-state index contributed by atoms with van der Waals surface area (Å²) in [4.78, 5) is 15.7. The van der Waals surface area contributed by atoms with Crippen LogP contribution in [-0.2, 0) is 16.1 Å². The quantitative estimate of drug-likeness (QED) is 0.598. The zero-order chi connectivity index (χ0) is 14.2. The average Bonchev–Trinajstić information content (AvgIpc) is 2.48. The molecule has 20 heavy (non-hydrogen) atoms. The summed E-state index contributed by atoms with van der Waals surface area (Å²) >= 11 is 0. The summed E-state index contributed by atoms with van der Waals surface area (Å²) in [5, 5.41) is 0. The van der Waals surface area contributed by atoms with Crippen LogP contribution >= 0.6 is 0 Å². The molecule has 0 atom stereocenters. The molecular formula is C16H17NO3. The Labute approximate surface area is 118 Å². The number of carbonyl (C=O) groups excluding carboxylic acids is 1. The molecule has 0 unspecified atom stereocenters. The summed E-state index contributed by atoms with van der Waals surface area (Å²) in [6.07, 6.45) is 3.19. The monoisotopic (exact) mass is 271 g/mol. The molecule has 4 nitrogen and oxygen atoms in total. The van der Waals surface area contributed by atoms with E-state index in [1.54, 1.807) is 12.3 Å². The van der Waals surface area contributed by atoms with E-state index in [-0.39, 0.29) is 12.6 Å². The summed E-state index contributed by atoms with van der Waals surface area (Å²) in [5.74, 6) is -0.371. The van der Waals surface area contributed by atoms with Crippen LogP contribution in [0, 0.1) is 6.92 Å². The van der Waals surface area contributed by atoms with Crippen molar-refractivity contribution in [3.8, 4) is 0 Å². The molecule has 0 bridgehead atoms. The lowest BCUT2D eigenvalue weighted by atomic mass is 10.2. The van der Waals surface area contributed by atoms with Crippen molar-refractivity contribution < 1.29 is 14.3 Å². The van der Waals surface area contributed by atoms with E-state index in [0.29, 0.717) is 18.8 Å². The van der Waals surface area contributed by atoms with Crippen molar-refractivity contribution in [3.05, 3.63) is 65.5 Å². The number of pyridine rings is 1. The van der Waals surface area contributed by atoms with Gasteiger partial charge in [0.25, 0.3) is 0 Å². The van der Waals surface area contributed by atoms with Gasteiger partial charge in [-0.2, -0.15) is 0 Å². The molecule has 2 aromatic rings. The number of ether oxygens (including phenoxy) is 2. The van der Waals surface area contributed by atoms with Crippen LogP contribution in [0.4, 0.5) is 0 Å². The lowest BCUT2D eigenvalue weighted by Crippen LogP contribution is -2.11. The van der Waals surface area contributed by atoms with Gasteiger partial charge in [-0.3, -0.25) is 4.98 Å². The molecule has 0 fully saturated rings. The lowest BCUT2D eigenvalue weighted by molar-refractivity contribution is 0.0288. The number of esters is 1. The predicted octanol–water partition coefficient (Wildman–Crippen LogP) is 2.76. The van der Waals surface area contributed by atoms with Crippen LogP contribution in [0.3, 0.4) is 0 Å². The van der Waals surface area contributed by atoms with Gasteiger partial charge >= 0.3 is 5.97 Å². The summed E-state index contributed by atoms with van der Waals surface area (Å²) in [5.41, 5.74) is 2.49. The number of rotatable bonds is 6. The lowest BCUT2D eigenvalue weighted by Gasteiger charge is -2.06. The Morgan fingerprint density at radius 3 is 2.70 bits per heavy atom. The van der Waals surface area contributed by atoms with Gasteiger partial charge in [0, 0.05) is 12.4 Å². The van der Waals surface area contributed by atoms with Gasteiger partial charge < -0.3 is 9.47 Å². The number of hydrogen-bond acceptors (Lipinski definition) is 4. The van der Waals surface area contributed by atoms with E-state index in [4.69, 9.17) is 9.47 Å². The maximum atomic E-state index is 11.7. The molecule has 0 N–H and O–H groups in total. The van der Waals surface area contributed by atoms with E-state index in [1.807, 2.05) is 37.3 Å². The van der Waals surface area contributed by atoms with Crippen LogP contribution in [0.2, 0.25) is 0 Å². The first-order valence-corrected chi connectivity index (χ1v) is 6.46. The molecule has 0 saturated carbocycles. The largest absolute Gasteiger partial charge is 0.460 e. The van der Waals surface area contributed by atoms with Crippen LogP contribution in [0.5, 0.6) is 0 Å². The predicted molar refractivity (Wildman–Crippen MR) is 75.4 cm³/mol. The third-order valence-corrected chi connectivity index (χ3v) is 2.68. The minimum absolute atomic E-state index is 0.236. The first kappa shape index (κ1) is 14.2. The molecule has 1 aromatic heterocycles. The van der Waals surface area contributed by atoms with E-state index < -0.39 is 0 Å². The first-order valence-electron chi connectivity index (χ1n) is 6.46. The van der Waals surface area contributed by atoms with Gasteiger partial charge in [0.05, 0.1) is 18.8 Å². The number of aryl methyl sites for hydroxylation is 1. The average molecular weight is 271 g/mol. The normalized spacial score (nSPS) is 10.2. The molecule has 1 aromatic carbocycles. The second kappa shape index (κ2) is 7.40. The summed E-state index contributed by atoms with van der Waals surface area (Å²) in [7, 11) is 0. The van der Waals surface area contributed by atoms with Gasteiger partial charge in [0.1, 0.15) is 6.61 Å². The van der Waals surface area contributed by atoms with Crippen molar-refractivity contribution >= 4 is 5.97 Å². The topological polar surface area (TPSA) is 48.4 Å². The number of nitrogens with zero attached hydrogens (tertiary/aromatic N) is 1. The van der Waals surface area contributed by atoms with Gasteiger partial charge in [-0.1, -0.05) is 30.3 Å². The number of hydrogen-bond donors (Lipinski definition) is 0. The minimum Gasteiger partial charge on any atom is -0.460 e. The van der Waals surface area contributed by atoms with Crippen LogP contribution in [0.25, 0.3) is 0 Å². The second-order valence-corrected chi connectivity index (χ2v) is 4.43. The number of carbonyl (C=O) groups is 1. The molecule has 0 aliphatic heterocycles. The fraction of sp³-hybridized carbons (Fsp3) is 0.250. The van der Waals surface area contributed by atoms with E-state index in [1.165, 1.54) is 6.20 Å². The Hall–Kier alpha value is -2.20. The van der Waals surface area contributed by atoms with Gasteiger partial charge in [0.15, 0.2) is 0 Å². The molecule has 0 amide bonds. The molecule has 1 heterocycles. The Morgan fingerprint density at radius 2 is 1.95 bits per heavy atom. The standard InChI is InChI=1S/C16H17NO3/c1-13-9-15(11-17-10-13)16(18)20-8-7-19-12-14-5-3-2-4-6-14/h2-6,9-11H,7-8,12H2,1H3. The Morgan fingerprint density at radius 1 is 1.15 bits per heavy atom. The van der Waals surface area contributed by atoms with Gasteiger partial charge in [-0.15, -0.1) is 0 Å². The van der Waals surface area contributed by atoms with Crippen molar-refractivity contribution in [1.29, 1.82) is 0 Å².